The van der Waals surface area contributed by atoms with Crippen molar-refractivity contribution >= 4 is 0 Å². The minimum absolute atomic E-state index is 0.0874. The topological polar surface area (TPSA) is 29.5 Å². The van der Waals surface area contributed by atoms with Crippen LogP contribution < -0.4 is 0 Å². The van der Waals surface area contributed by atoms with Gasteiger partial charge in [-0.05, 0) is 32.6 Å². The van der Waals surface area contributed by atoms with Crippen LogP contribution in [0, 0.1) is 0 Å². The summed E-state index contributed by atoms with van der Waals surface area (Å²) < 4.78 is 5.37. The van der Waals surface area contributed by atoms with E-state index >= 15 is 0 Å². The Hall–Kier alpha value is -0.340. The highest BCUT2D eigenvalue weighted by molar-refractivity contribution is 4.89. The van der Waals surface area contributed by atoms with E-state index in [2.05, 4.69) is 6.58 Å². The number of aliphatic hydroxyl groups is 1. The smallest absolute Gasteiger partial charge is 0.0834 e. The van der Waals surface area contributed by atoms with Gasteiger partial charge in [-0.25, -0.2) is 0 Å². The predicted octanol–water partition coefficient (Wildman–Crippen LogP) is 1.88. The summed E-state index contributed by atoms with van der Waals surface area (Å²) in [6.07, 6.45) is 3.60. The zero-order valence-electron chi connectivity index (χ0n) is 7.75. The van der Waals surface area contributed by atoms with E-state index in [1.165, 1.54) is 0 Å². The molecule has 0 amide bonds. The van der Waals surface area contributed by atoms with E-state index in [-0.39, 0.29) is 12.2 Å². The molecule has 2 atom stereocenters. The van der Waals surface area contributed by atoms with Gasteiger partial charge in [0.15, 0.2) is 0 Å². The predicted molar refractivity (Wildman–Crippen MR) is 49.0 cm³/mol. The number of rotatable bonds is 4. The maximum Gasteiger partial charge on any atom is 0.0834 e. The van der Waals surface area contributed by atoms with Gasteiger partial charge in [0.1, 0.15) is 0 Å². The lowest BCUT2D eigenvalue weighted by atomic mass is 10.0. The highest BCUT2D eigenvalue weighted by Crippen LogP contribution is 2.19. The van der Waals surface area contributed by atoms with Gasteiger partial charge in [0.25, 0.3) is 0 Å². The van der Waals surface area contributed by atoms with Crippen LogP contribution in [0.5, 0.6) is 0 Å². The molecule has 2 heteroatoms. The van der Waals surface area contributed by atoms with Crippen molar-refractivity contribution in [2.24, 2.45) is 0 Å². The maximum atomic E-state index is 9.63. The third-order valence-electron chi connectivity index (χ3n) is 2.26. The van der Waals surface area contributed by atoms with Crippen molar-refractivity contribution in [3.05, 3.63) is 12.2 Å². The highest BCUT2D eigenvalue weighted by atomic mass is 16.5. The molecule has 2 unspecified atom stereocenters. The standard InChI is InChI=1S/C10H18O2/c1-8(2)5-6-9(11)10-4-3-7-12-10/h9-11H,1,3-7H2,2H3. The van der Waals surface area contributed by atoms with Crippen LogP contribution in [-0.2, 0) is 4.74 Å². The fraction of sp³-hybridized carbons (Fsp3) is 0.800. The van der Waals surface area contributed by atoms with Gasteiger partial charge in [-0.15, -0.1) is 6.58 Å². The van der Waals surface area contributed by atoms with Gasteiger partial charge in [0.2, 0.25) is 0 Å². The first-order chi connectivity index (χ1) is 5.70. The van der Waals surface area contributed by atoms with Crippen molar-refractivity contribution in [3.8, 4) is 0 Å². The molecule has 1 aliphatic rings. The minimum Gasteiger partial charge on any atom is -0.390 e. The van der Waals surface area contributed by atoms with Crippen molar-refractivity contribution < 1.29 is 9.84 Å². The van der Waals surface area contributed by atoms with Crippen LogP contribution in [0.15, 0.2) is 12.2 Å². The molecule has 1 N–H and O–H groups in total. The Morgan fingerprint density at radius 3 is 3.00 bits per heavy atom. The highest BCUT2D eigenvalue weighted by Gasteiger charge is 2.23. The number of ether oxygens (including phenoxy) is 1. The first-order valence-corrected chi connectivity index (χ1v) is 4.64. The van der Waals surface area contributed by atoms with Crippen molar-refractivity contribution in [1.29, 1.82) is 0 Å². The van der Waals surface area contributed by atoms with E-state index < -0.39 is 0 Å². The molecule has 1 fully saturated rings. The van der Waals surface area contributed by atoms with Gasteiger partial charge in [-0.3, -0.25) is 0 Å². The molecule has 12 heavy (non-hydrogen) atoms. The van der Waals surface area contributed by atoms with Crippen molar-refractivity contribution in [2.45, 2.75) is 44.8 Å². The van der Waals surface area contributed by atoms with E-state index in [9.17, 15) is 5.11 Å². The van der Waals surface area contributed by atoms with Gasteiger partial charge in [-0.1, -0.05) is 5.57 Å². The Bertz CT molecular complexity index is 148. The molecular formula is C10H18O2. The molecule has 1 rings (SSSR count). The lowest BCUT2D eigenvalue weighted by molar-refractivity contribution is -0.00498. The Morgan fingerprint density at radius 2 is 2.50 bits per heavy atom. The third kappa shape index (κ3) is 2.95. The van der Waals surface area contributed by atoms with E-state index in [1.807, 2.05) is 6.92 Å². The van der Waals surface area contributed by atoms with Crippen LogP contribution >= 0.6 is 0 Å². The summed E-state index contributed by atoms with van der Waals surface area (Å²) in [6.45, 7) is 6.60. The second kappa shape index (κ2) is 4.63. The Morgan fingerprint density at radius 1 is 1.75 bits per heavy atom. The van der Waals surface area contributed by atoms with Gasteiger partial charge < -0.3 is 9.84 Å². The SMILES string of the molecule is C=C(C)CCC(O)C1CCCO1. The Kier molecular flexibility index (Phi) is 3.76. The van der Waals surface area contributed by atoms with Crippen molar-refractivity contribution in [2.75, 3.05) is 6.61 Å². The van der Waals surface area contributed by atoms with Crippen LogP contribution in [0.2, 0.25) is 0 Å². The molecule has 0 aromatic carbocycles. The lowest BCUT2D eigenvalue weighted by Gasteiger charge is -2.16. The summed E-state index contributed by atoms with van der Waals surface area (Å²) in [7, 11) is 0. The zero-order chi connectivity index (χ0) is 8.97. The molecule has 0 saturated carbocycles. The average Bonchev–Trinajstić information content (AvgIpc) is 2.51. The molecule has 0 bridgehead atoms. The third-order valence-corrected chi connectivity index (χ3v) is 2.26. The van der Waals surface area contributed by atoms with Crippen molar-refractivity contribution in [1.82, 2.24) is 0 Å². The molecule has 1 heterocycles. The van der Waals surface area contributed by atoms with Gasteiger partial charge in [-0.2, -0.15) is 0 Å². The van der Waals surface area contributed by atoms with E-state index in [4.69, 9.17) is 4.74 Å². The van der Waals surface area contributed by atoms with Crippen LogP contribution in [0.25, 0.3) is 0 Å². The first-order valence-electron chi connectivity index (χ1n) is 4.64. The van der Waals surface area contributed by atoms with Crippen LogP contribution in [0.3, 0.4) is 0 Å². The lowest BCUT2D eigenvalue weighted by Crippen LogP contribution is -2.24. The molecule has 70 valence electrons. The van der Waals surface area contributed by atoms with Gasteiger partial charge in [0, 0.05) is 6.61 Å². The molecule has 1 saturated heterocycles. The largest absolute Gasteiger partial charge is 0.390 e. The monoisotopic (exact) mass is 170 g/mol. The molecule has 0 spiro atoms. The van der Waals surface area contributed by atoms with Gasteiger partial charge in [0.05, 0.1) is 12.2 Å². The molecule has 1 aliphatic heterocycles. The summed E-state index contributed by atoms with van der Waals surface area (Å²) in [5, 5.41) is 9.63. The summed E-state index contributed by atoms with van der Waals surface area (Å²) in [6, 6.07) is 0. The maximum absolute atomic E-state index is 9.63. The van der Waals surface area contributed by atoms with Crippen LogP contribution in [0.4, 0.5) is 0 Å². The van der Waals surface area contributed by atoms with E-state index in [1.54, 1.807) is 0 Å². The zero-order valence-corrected chi connectivity index (χ0v) is 7.75. The number of aliphatic hydroxyl groups excluding tert-OH is 1. The summed E-state index contributed by atoms with van der Waals surface area (Å²) in [4.78, 5) is 0. The van der Waals surface area contributed by atoms with Crippen LogP contribution in [-0.4, -0.2) is 23.9 Å². The first kappa shape index (κ1) is 9.75. The number of hydrogen-bond acceptors (Lipinski definition) is 2. The fourth-order valence-electron chi connectivity index (χ4n) is 1.49. The van der Waals surface area contributed by atoms with E-state index in [0.717, 1.165) is 37.9 Å². The summed E-state index contributed by atoms with van der Waals surface area (Å²) in [5.41, 5.74) is 1.13. The van der Waals surface area contributed by atoms with Crippen LogP contribution in [0.1, 0.15) is 32.6 Å². The fourth-order valence-corrected chi connectivity index (χ4v) is 1.49. The Labute approximate surface area is 74.2 Å². The normalized spacial score (nSPS) is 25.7. The van der Waals surface area contributed by atoms with Gasteiger partial charge >= 0.3 is 0 Å². The average molecular weight is 170 g/mol. The molecule has 0 aromatic rings. The summed E-state index contributed by atoms with van der Waals surface area (Å²) in [5.74, 6) is 0. The van der Waals surface area contributed by atoms with Crippen molar-refractivity contribution in [3.63, 3.8) is 0 Å². The summed E-state index contributed by atoms with van der Waals surface area (Å²) >= 11 is 0. The molecule has 0 aromatic heterocycles. The number of allylic oxidation sites excluding steroid dienone is 1. The minimum atomic E-state index is -0.288. The molecule has 0 aliphatic carbocycles. The second-order valence-electron chi connectivity index (χ2n) is 3.61. The quantitative estimate of drug-likeness (QED) is 0.653. The number of hydrogen-bond donors (Lipinski definition) is 1. The molecule has 2 nitrogen and oxygen atoms in total. The molecule has 0 radical (unpaired) electrons. The molecular weight excluding hydrogens is 152 g/mol. The second-order valence-corrected chi connectivity index (χ2v) is 3.61. The van der Waals surface area contributed by atoms with E-state index in [0.29, 0.717) is 0 Å². The Balaban J connectivity index is 2.17.